The molecule has 1 aliphatic rings. The molecule has 4 heteroatoms. The second kappa shape index (κ2) is 5.47. The Labute approximate surface area is 112 Å². The van der Waals surface area contributed by atoms with E-state index >= 15 is 0 Å². The number of alkyl halides is 1. The van der Waals surface area contributed by atoms with Crippen molar-refractivity contribution in [3.63, 3.8) is 0 Å². The molecule has 1 aromatic carbocycles. The van der Waals surface area contributed by atoms with Crippen molar-refractivity contribution >= 4 is 23.2 Å². The lowest BCUT2D eigenvalue weighted by Gasteiger charge is -2.19. The van der Waals surface area contributed by atoms with Gasteiger partial charge in [-0.15, -0.1) is 11.6 Å². The van der Waals surface area contributed by atoms with Crippen LogP contribution in [0.3, 0.4) is 0 Å². The molecule has 1 aromatic rings. The van der Waals surface area contributed by atoms with E-state index in [-0.39, 0.29) is 11.5 Å². The quantitative estimate of drug-likeness (QED) is 0.770. The van der Waals surface area contributed by atoms with E-state index in [0.29, 0.717) is 11.1 Å². The summed E-state index contributed by atoms with van der Waals surface area (Å²) in [5, 5.41) is 0.436. The molecule has 2 nitrogen and oxygen atoms in total. The third-order valence-electron chi connectivity index (χ3n) is 3.10. The van der Waals surface area contributed by atoms with Crippen molar-refractivity contribution in [3.05, 3.63) is 28.8 Å². The minimum atomic E-state index is -0.196. The molecule has 0 spiro atoms. The number of hydrogen-bond acceptors (Lipinski definition) is 2. The number of benzene rings is 1. The van der Waals surface area contributed by atoms with Crippen LogP contribution in [0.1, 0.15) is 30.7 Å². The van der Waals surface area contributed by atoms with E-state index in [4.69, 9.17) is 32.7 Å². The van der Waals surface area contributed by atoms with E-state index in [1.54, 1.807) is 13.2 Å². The molecule has 3 atom stereocenters. The zero-order valence-electron chi connectivity index (χ0n) is 9.95. The molecule has 1 heterocycles. The number of methoxy groups -OCH3 is 1. The normalized spacial score (nSPS) is 25.9. The first kappa shape index (κ1) is 13.0. The van der Waals surface area contributed by atoms with Crippen molar-refractivity contribution in [1.29, 1.82) is 0 Å². The highest BCUT2D eigenvalue weighted by Gasteiger charge is 2.30. The third kappa shape index (κ3) is 2.87. The Hall–Kier alpha value is -0.440. The summed E-state index contributed by atoms with van der Waals surface area (Å²) in [5.74, 6) is 0.739. The van der Waals surface area contributed by atoms with Gasteiger partial charge in [-0.3, -0.25) is 0 Å². The van der Waals surface area contributed by atoms with Gasteiger partial charge in [-0.2, -0.15) is 0 Å². The average Bonchev–Trinajstić information content (AvgIpc) is 2.75. The lowest BCUT2D eigenvalue weighted by atomic mass is 10.0. The Kier molecular flexibility index (Phi) is 4.18. The summed E-state index contributed by atoms with van der Waals surface area (Å²) in [6.07, 6.45) is 2.38. The van der Waals surface area contributed by atoms with Gasteiger partial charge in [0.2, 0.25) is 0 Å². The van der Waals surface area contributed by atoms with Crippen molar-refractivity contribution in [1.82, 2.24) is 0 Å². The Bertz CT molecular complexity index is 395. The summed E-state index contributed by atoms with van der Waals surface area (Å²) in [5.41, 5.74) is 0.910. The van der Waals surface area contributed by atoms with Gasteiger partial charge in [0.15, 0.2) is 0 Å². The van der Waals surface area contributed by atoms with Gasteiger partial charge in [0.05, 0.1) is 24.7 Å². The summed E-state index contributed by atoms with van der Waals surface area (Å²) in [7, 11) is 1.62. The molecule has 1 aliphatic heterocycles. The Balaban J connectivity index is 2.16. The van der Waals surface area contributed by atoms with Gasteiger partial charge >= 0.3 is 0 Å². The molecule has 0 N–H and O–H groups in total. The van der Waals surface area contributed by atoms with Crippen LogP contribution in [-0.2, 0) is 4.74 Å². The van der Waals surface area contributed by atoms with E-state index in [1.807, 2.05) is 12.1 Å². The highest BCUT2D eigenvalue weighted by atomic mass is 35.5. The molecule has 0 aromatic heterocycles. The number of ether oxygens (including phenoxy) is 2. The van der Waals surface area contributed by atoms with Crippen LogP contribution in [0.15, 0.2) is 18.2 Å². The van der Waals surface area contributed by atoms with Gasteiger partial charge in [-0.25, -0.2) is 0 Å². The van der Waals surface area contributed by atoms with Crippen LogP contribution < -0.4 is 4.74 Å². The van der Waals surface area contributed by atoms with Crippen LogP contribution in [-0.4, -0.2) is 19.3 Å². The molecule has 0 saturated carbocycles. The Morgan fingerprint density at radius 1 is 1.41 bits per heavy atom. The van der Waals surface area contributed by atoms with Gasteiger partial charge in [0.1, 0.15) is 5.75 Å². The monoisotopic (exact) mass is 274 g/mol. The number of hydrogen-bond donors (Lipinski definition) is 0. The predicted octanol–water partition coefficient (Wildman–Crippen LogP) is 4.20. The smallest absolute Gasteiger partial charge is 0.120 e. The average molecular weight is 275 g/mol. The number of halogens is 2. The predicted molar refractivity (Wildman–Crippen MR) is 70.2 cm³/mol. The summed E-state index contributed by atoms with van der Waals surface area (Å²) in [6.45, 7) is 2.07. The van der Waals surface area contributed by atoms with E-state index < -0.39 is 0 Å². The molecule has 94 valence electrons. The maximum absolute atomic E-state index is 6.43. The van der Waals surface area contributed by atoms with Gasteiger partial charge in [0.25, 0.3) is 0 Å². The highest BCUT2D eigenvalue weighted by molar-refractivity contribution is 6.33. The molecule has 0 aliphatic carbocycles. The van der Waals surface area contributed by atoms with Crippen LogP contribution >= 0.6 is 23.2 Å². The van der Waals surface area contributed by atoms with Crippen LogP contribution in [0.25, 0.3) is 0 Å². The molecule has 3 unspecified atom stereocenters. The van der Waals surface area contributed by atoms with Gasteiger partial charge in [-0.05, 0) is 37.5 Å². The van der Waals surface area contributed by atoms with Crippen molar-refractivity contribution in [2.24, 2.45) is 0 Å². The van der Waals surface area contributed by atoms with E-state index in [1.165, 1.54) is 0 Å². The zero-order valence-corrected chi connectivity index (χ0v) is 11.5. The SMILES string of the molecule is COc1ccc(C(Cl)C2CCC(C)O2)c(Cl)c1. The Morgan fingerprint density at radius 3 is 2.71 bits per heavy atom. The largest absolute Gasteiger partial charge is 0.497 e. The van der Waals surface area contributed by atoms with Crippen molar-refractivity contribution in [2.75, 3.05) is 7.11 Å². The lowest BCUT2D eigenvalue weighted by molar-refractivity contribution is 0.0533. The highest BCUT2D eigenvalue weighted by Crippen LogP contribution is 2.38. The van der Waals surface area contributed by atoms with E-state index in [9.17, 15) is 0 Å². The third-order valence-corrected chi connectivity index (χ3v) is 3.94. The van der Waals surface area contributed by atoms with Gasteiger partial charge in [-0.1, -0.05) is 17.7 Å². The van der Waals surface area contributed by atoms with E-state index in [2.05, 4.69) is 6.92 Å². The molecule has 1 fully saturated rings. The zero-order chi connectivity index (χ0) is 12.4. The fourth-order valence-corrected chi connectivity index (χ4v) is 2.83. The summed E-state index contributed by atoms with van der Waals surface area (Å²) >= 11 is 12.6. The van der Waals surface area contributed by atoms with E-state index in [0.717, 1.165) is 24.2 Å². The summed E-state index contributed by atoms with van der Waals surface area (Å²) in [6, 6.07) is 5.56. The molecular weight excluding hydrogens is 259 g/mol. The molecule has 2 rings (SSSR count). The first-order chi connectivity index (χ1) is 8.11. The summed E-state index contributed by atoms with van der Waals surface area (Å²) in [4.78, 5) is 0. The molecular formula is C13H16Cl2O2. The van der Waals surface area contributed by atoms with Crippen molar-refractivity contribution < 1.29 is 9.47 Å². The Morgan fingerprint density at radius 2 is 2.18 bits per heavy atom. The molecule has 0 bridgehead atoms. The van der Waals surface area contributed by atoms with Gasteiger partial charge in [0, 0.05) is 5.02 Å². The van der Waals surface area contributed by atoms with Crippen LogP contribution in [0.2, 0.25) is 5.02 Å². The van der Waals surface area contributed by atoms with Gasteiger partial charge < -0.3 is 9.47 Å². The topological polar surface area (TPSA) is 18.5 Å². The first-order valence-electron chi connectivity index (χ1n) is 5.74. The molecule has 0 amide bonds. The molecule has 0 radical (unpaired) electrons. The number of rotatable bonds is 3. The first-order valence-corrected chi connectivity index (χ1v) is 6.56. The minimum absolute atomic E-state index is 0.0533. The van der Waals surface area contributed by atoms with Crippen molar-refractivity contribution in [3.8, 4) is 5.75 Å². The minimum Gasteiger partial charge on any atom is -0.497 e. The standard InChI is InChI=1S/C13H16Cl2O2/c1-8-3-6-12(17-8)13(15)10-5-4-9(16-2)7-11(10)14/h4-5,7-8,12-13H,3,6H2,1-2H3. The van der Waals surface area contributed by atoms with Crippen LogP contribution in [0.5, 0.6) is 5.75 Å². The van der Waals surface area contributed by atoms with Crippen molar-refractivity contribution in [2.45, 2.75) is 37.4 Å². The fraction of sp³-hybridized carbons (Fsp3) is 0.538. The summed E-state index contributed by atoms with van der Waals surface area (Å²) < 4.78 is 10.9. The van der Waals surface area contributed by atoms with Crippen LogP contribution in [0, 0.1) is 0 Å². The maximum Gasteiger partial charge on any atom is 0.120 e. The fourth-order valence-electron chi connectivity index (χ4n) is 2.11. The lowest BCUT2D eigenvalue weighted by Crippen LogP contribution is -2.15. The van der Waals surface area contributed by atoms with Crippen LogP contribution in [0.4, 0.5) is 0 Å². The molecule has 17 heavy (non-hydrogen) atoms. The molecule has 1 saturated heterocycles. The second-order valence-electron chi connectivity index (χ2n) is 4.35. The second-order valence-corrected chi connectivity index (χ2v) is 5.23. The maximum atomic E-state index is 6.43.